The van der Waals surface area contributed by atoms with Crippen molar-refractivity contribution in [1.29, 1.82) is 0 Å². The van der Waals surface area contributed by atoms with Gasteiger partial charge >= 0.3 is 0 Å². The predicted octanol–water partition coefficient (Wildman–Crippen LogP) is 4.61. The van der Waals surface area contributed by atoms with Gasteiger partial charge in [0.2, 0.25) is 0 Å². The highest BCUT2D eigenvalue weighted by Gasteiger charge is 2.26. The second kappa shape index (κ2) is 7.91. The number of H-pyrrole nitrogens is 1. The molecule has 1 unspecified atom stereocenters. The Kier molecular flexibility index (Phi) is 5.87. The molecule has 0 saturated heterocycles. The number of aromatic nitrogens is 3. The van der Waals surface area contributed by atoms with Crippen molar-refractivity contribution in [3.05, 3.63) is 43.3 Å². The standard InChI is InChI=1S/C21H25N3O3S2/c1-8-24-20(27)16-9(2)13(6)28-19(16)23-21(24)29-14(7)18(26)17-10(3)15(12(5)25)11(4)22-17/h14,22H,8H2,1-7H3. The smallest absolute Gasteiger partial charge is 0.263 e. The summed E-state index contributed by atoms with van der Waals surface area (Å²) in [6, 6.07) is 0. The fraction of sp³-hybridized carbons (Fsp3) is 0.429. The molecule has 0 bridgehead atoms. The van der Waals surface area contributed by atoms with Gasteiger partial charge in [0, 0.05) is 22.7 Å². The molecule has 0 aliphatic heterocycles. The van der Waals surface area contributed by atoms with E-state index in [1.54, 1.807) is 25.3 Å². The lowest BCUT2D eigenvalue weighted by Gasteiger charge is -2.14. The van der Waals surface area contributed by atoms with Crippen LogP contribution in [0, 0.1) is 27.7 Å². The van der Waals surface area contributed by atoms with Gasteiger partial charge in [0.15, 0.2) is 16.7 Å². The minimum absolute atomic E-state index is 0.0627. The van der Waals surface area contributed by atoms with E-state index in [4.69, 9.17) is 4.98 Å². The first kappa shape index (κ1) is 21.5. The van der Waals surface area contributed by atoms with Crippen molar-refractivity contribution < 1.29 is 9.59 Å². The SMILES string of the molecule is CCn1c(SC(C)C(=O)c2[nH]c(C)c(C(C)=O)c2C)nc2sc(C)c(C)c2c1=O. The maximum atomic E-state index is 13.1. The zero-order chi connectivity index (χ0) is 21.6. The highest BCUT2D eigenvalue weighted by atomic mass is 32.2. The Bertz CT molecular complexity index is 1200. The predicted molar refractivity (Wildman–Crippen MR) is 119 cm³/mol. The highest BCUT2D eigenvalue weighted by Crippen LogP contribution is 2.31. The van der Waals surface area contributed by atoms with Crippen LogP contribution in [-0.4, -0.2) is 31.4 Å². The molecule has 3 aromatic heterocycles. The maximum absolute atomic E-state index is 13.1. The molecule has 29 heavy (non-hydrogen) atoms. The van der Waals surface area contributed by atoms with Gasteiger partial charge in [-0.25, -0.2) is 4.98 Å². The Labute approximate surface area is 177 Å². The molecule has 1 atom stereocenters. The Hall–Kier alpha value is -2.19. The number of carbonyl (C=O) groups is 2. The van der Waals surface area contributed by atoms with Crippen LogP contribution in [0.5, 0.6) is 0 Å². The quantitative estimate of drug-likeness (QED) is 0.350. The first-order valence-electron chi connectivity index (χ1n) is 9.49. The van der Waals surface area contributed by atoms with E-state index in [0.717, 1.165) is 10.4 Å². The van der Waals surface area contributed by atoms with Crippen LogP contribution in [-0.2, 0) is 6.54 Å². The van der Waals surface area contributed by atoms with E-state index in [-0.39, 0.29) is 17.1 Å². The number of aryl methyl sites for hydroxylation is 3. The lowest BCUT2D eigenvalue weighted by Crippen LogP contribution is -2.24. The summed E-state index contributed by atoms with van der Waals surface area (Å²) in [5, 5.41) is 0.746. The summed E-state index contributed by atoms with van der Waals surface area (Å²) in [5.41, 5.74) is 3.30. The zero-order valence-electron chi connectivity index (χ0n) is 17.7. The summed E-state index contributed by atoms with van der Waals surface area (Å²) in [6.45, 7) is 13.2. The molecule has 154 valence electrons. The Morgan fingerprint density at radius 3 is 2.41 bits per heavy atom. The first-order chi connectivity index (χ1) is 13.6. The van der Waals surface area contributed by atoms with Gasteiger partial charge in [-0.1, -0.05) is 11.8 Å². The molecule has 0 spiro atoms. The zero-order valence-corrected chi connectivity index (χ0v) is 19.4. The summed E-state index contributed by atoms with van der Waals surface area (Å²) < 4.78 is 1.63. The summed E-state index contributed by atoms with van der Waals surface area (Å²) in [6.07, 6.45) is 0. The number of Topliss-reactive ketones (excluding diaryl/α,β-unsaturated/α-hetero) is 2. The van der Waals surface area contributed by atoms with E-state index in [0.29, 0.717) is 44.4 Å². The van der Waals surface area contributed by atoms with Crippen molar-refractivity contribution in [1.82, 2.24) is 14.5 Å². The van der Waals surface area contributed by atoms with Crippen molar-refractivity contribution in [2.45, 2.75) is 65.4 Å². The molecule has 0 radical (unpaired) electrons. The van der Waals surface area contributed by atoms with E-state index in [2.05, 4.69) is 4.98 Å². The van der Waals surface area contributed by atoms with Crippen molar-refractivity contribution in [2.24, 2.45) is 0 Å². The Morgan fingerprint density at radius 2 is 1.86 bits per heavy atom. The molecule has 0 aliphatic rings. The first-order valence-corrected chi connectivity index (χ1v) is 11.2. The molecule has 0 amide bonds. The van der Waals surface area contributed by atoms with E-state index in [9.17, 15) is 14.4 Å². The van der Waals surface area contributed by atoms with E-state index < -0.39 is 5.25 Å². The molecule has 1 N–H and O–H groups in total. The van der Waals surface area contributed by atoms with Crippen LogP contribution in [0.4, 0.5) is 0 Å². The van der Waals surface area contributed by atoms with Gasteiger partial charge < -0.3 is 4.98 Å². The monoisotopic (exact) mass is 431 g/mol. The highest BCUT2D eigenvalue weighted by molar-refractivity contribution is 8.00. The fourth-order valence-corrected chi connectivity index (χ4v) is 5.72. The number of ketones is 2. The average Bonchev–Trinajstić information content (AvgIpc) is 3.10. The maximum Gasteiger partial charge on any atom is 0.263 e. The molecule has 0 fully saturated rings. The van der Waals surface area contributed by atoms with Crippen LogP contribution < -0.4 is 5.56 Å². The van der Waals surface area contributed by atoms with Gasteiger partial charge in [-0.2, -0.15) is 0 Å². The number of nitrogens with zero attached hydrogens (tertiary/aromatic N) is 2. The van der Waals surface area contributed by atoms with Gasteiger partial charge in [0.25, 0.3) is 5.56 Å². The second-order valence-corrected chi connectivity index (χ2v) is 9.72. The molecule has 0 saturated carbocycles. The van der Waals surface area contributed by atoms with Crippen LogP contribution >= 0.6 is 23.1 Å². The molecule has 6 nitrogen and oxygen atoms in total. The third-order valence-corrected chi connectivity index (χ3v) is 7.45. The van der Waals surface area contributed by atoms with E-state index >= 15 is 0 Å². The third kappa shape index (κ3) is 3.59. The van der Waals surface area contributed by atoms with Gasteiger partial charge in [-0.15, -0.1) is 11.3 Å². The Balaban J connectivity index is 2.01. The topological polar surface area (TPSA) is 84.8 Å². The number of hydrogen-bond donors (Lipinski definition) is 1. The molecular formula is C21H25N3O3S2. The number of carbonyl (C=O) groups excluding carboxylic acids is 2. The number of aromatic amines is 1. The number of fused-ring (bicyclic) bond motifs is 1. The fourth-order valence-electron chi connectivity index (χ4n) is 3.62. The summed E-state index contributed by atoms with van der Waals surface area (Å²) in [7, 11) is 0. The van der Waals surface area contributed by atoms with Gasteiger partial charge in [-0.05, 0) is 59.6 Å². The molecule has 0 aliphatic carbocycles. The van der Waals surface area contributed by atoms with Gasteiger partial charge in [-0.3, -0.25) is 19.0 Å². The van der Waals surface area contributed by atoms with Crippen molar-refractivity contribution >= 4 is 44.9 Å². The normalized spacial score (nSPS) is 12.5. The molecule has 3 aromatic rings. The number of thioether (sulfide) groups is 1. The largest absolute Gasteiger partial charge is 0.355 e. The van der Waals surface area contributed by atoms with E-state index in [1.165, 1.54) is 30.0 Å². The van der Waals surface area contributed by atoms with Crippen molar-refractivity contribution in [3.63, 3.8) is 0 Å². The lowest BCUT2D eigenvalue weighted by atomic mass is 10.0. The third-order valence-electron chi connectivity index (χ3n) is 5.26. The summed E-state index contributed by atoms with van der Waals surface area (Å²) >= 11 is 2.78. The number of hydrogen-bond acceptors (Lipinski definition) is 6. The Morgan fingerprint density at radius 1 is 1.21 bits per heavy atom. The van der Waals surface area contributed by atoms with Crippen LogP contribution in [0.3, 0.4) is 0 Å². The van der Waals surface area contributed by atoms with Gasteiger partial charge in [0.05, 0.1) is 16.3 Å². The summed E-state index contributed by atoms with van der Waals surface area (Å²) in [4.78, 5) is 47.5. The van der Waals surface area contributed by atoms with Gasteiger partial charge in [0.1, 0.15) is 4.83 Å². The molecule has 8 heteroatoms. The van der Waals surface area contributed by atoms with Crippen molar-refractivity contribution in [2.75, 3.05) is 0 Å². The number of nitrogens with one attached hydrogen (secondary N) is 1. The molecule has 3 heterocycles. The molecule has 3 rings (SSSR count). The molecule has 0 aromatic carbocycles. The molecular weight excluding hydrogens is 406 g/mol. The average molecular weight is 432 g/mol. The minimum Gasteiger partial charge on any atom is -0.355 e. The van der Waals surface area contributed by atoms with Crippen molar-refractivity contribution in [3.8, 4) is 0 Å². The second-order valence-electron chi connectivity index (χ2n) is 7.21. The van der Waals surface area contributed by atoms with E-state index in [1.807, 2.05) is 20.8 Å². The van der Waals surface area contributed by atoms with Crippen LogP contribution in [0.2, 0.25) is 0 Å². The number of rotatable bonds is 6. The van der Waals surface area contributed by atoms with Crippen LogP contribution in [0.25, 0.3) is 10.2 Å². The van der Waals surface area contributed by atoms with Crippen LogP contribution in [0.15, 0.2) is 9.95 Å². The lowest BCUT2D eigenvalue weighted by molar-refractivity contribution is 0.0988. The minimum atomic E-state index is -0.462. The van der Waals surface area contributed by atoms with Crippen LogP contribution in [0.1, 0.15) is 63.3 Å². The number of thiophene rings is 1. The summed E-state index contributed by atoms with van der Waals surface area (Å²) in [5.74, 6) is -0.176.